The summed E-state index contributed by atoms with van der Waals surface area (Å²) in [5.41, 5.74) is 3.60. The molecule has 0 aliphatic carbocycles. The molecule has 3 rings (SSSR count). The van der Waals surface area contributed by atoms with Crippen LogP contribution in [0.4, 0.5) is 4.39 Å². The fourth-order valence-electron chi connectivity index (χ4n) is 3.50. The first-order valence-corrected chi connectivity index (χ1v) is 12.8. The lowest BCUT2D eigenvalue weighted by Crippen LogP contribution is -2.33. The van der Waals surface area contributed by atoms with Gasteiger partial charge in [0.15, 0.2) is 9.84 Å². The second-order valence-electron chi connectivity index (χ2n) is 8.25. The van der Waals surface area contributed by atoms with Crippen molar-refractivity contribution in [1.29, 1.82) is 5.26 Å². The summed E-state index contributed by atoms with van der Waals surface area (Å²) in [6.45, 7) is 0.481. The molecule has 0 unspecified atom stereocenters. The van der Waals surface area contributed by atoms with E-state index in [9.17, 15) is 17.6 Å². The summed E-state index contributed by atoms with van der Waals surface area (Å²) in [5.74, 6) is -1.48. The van der Waals surface area contributed by atoms with Crippen molar-refractivity contribution in [3.05, 3.63) is 77.2 Å². The topological polar surface area (TPSA) is 107 Å². The predicted molar refractivity (Wildman–Crippen MR) is 128 cm³/mol. The molecule has 0 saturated heterocycles. The van der Waals surface area contributed by atoms with E-state index in [1.807, 2.05) is 12.1 Å². The molecule has 0 atom stereocenters. The quantitative estimate of drug-likeness (QED) is 0.418. The zero-order valence-electron chi connectivity index (χ0n) is 19.0. The van der Waals surface area contributed by atoms with Crippen molar-refractivity contribution in [3.63, 3.8) is 0 Å². The van der Waals surface area contributed by atoms with Gasteiger partial charge in [0, 0.05) is 24.8 Å². The van der Waals surface area contributed by atoms with Gasteiger partial charge in [-0.15, -0.1) is 0 Å². The number of nitriles is 1. The largest absolute Gasteiger partial charge is 0.345 e. The highest BCUT2D eigenvalue weighted by molar-refractivity contribution is 7.91. The Bertz CT molecular complexity index is 1250. The minimum Gasteiger partial charge on any atom is -0.345 e. The van der Waals surface area contributed by atoms with Crippen molar-refractivity contribution in [2.24, 2.45) is 0 Å². The third-order valence-electron chi connectivity index (χ3n) is 5.45. The summed E-state index contributed by atoms with van der Waals surface area (Å²) in [5, 5.41) is 16.1. The summed E-state index contributed by atoms with van der Waals surface area (Å²) in [4.78, 5) is 13.8. The van der Waals surface area contributed by atoms with Crippen molar-refractivity contribution in [1.82, 2.24) is 15.1 Å². The van der Waals surface area contributed by atoms with Crippen molar-refractivity contribution in [2.75, 3.05) is 19.3 Å². The number of nitrogens with one attached hydrogen (secondary N) is 1. The van der Waals surface area contributed by atoms with Gasteiger partial charge in [-0.05, 0) is 67.3 Å². The Morgan fingerprint density at radius 3 is 2.47 bits per heavy atom. The number of carbonyl (C=O) groups is 1. The van der Waals surface area contributed by atoms with Gasteiger partial charge < -0.3 is 4.90 Å². The lowest BCUT2D eigenvalue weighted by atomic mass is 10.1. The van der Waals surface area contributed by atoms with E-state index >= 15 is 0 Å². The Hall–Kier alpha value is -3.51. The molecule has 0 spiro atoms. The molecular formula is C25H27FN4O3S. The van der Waals surface area contributed by atoms with Crippen LogP contribution in [0.15, 0.2) is 54.6 Å². The standard InChI is InChI=1S/C25H27FN4O3S/c1-30(25(31)18-34(32,33)17-20-8-6-19(16-27)7-9-20)14-4-2-3-5-23-15-24(29-28-23)21-10-12-22(26)13-11-21/h6-13,15H,2-5,14,17-18H2,1H3,(H,28,29). The fraction of sp³-hybridized carbons (Fsp3) is 0.320. The Labute approximate surface area is 199 Å². The second-order valence-corrected chi connectivity index (χ2v) is 10.3. The van der Waals surface area contributed by atoms with Gasteiger partial charge in [0.2, 0.25) is 5.91 Å². The summed E-state index contributed by atoms with van der Waals surface area (Å²) in [7, 11) is -1.98. The number of rotatable bonds is 11. The molecule has 7 nitrogen and oxygen atoms in total. The number of benzene rings is 2. The second kappa shape index (κ2) is 11.6. The van der Waals surface area contributed by atoms with Gasteiger partial charge in [0.1, 0.15) is 11.6 Å². The van der Waals surface area contributed by atoms with E-state index < -0.39 is 21.5 Å². The van der Waals surface area contributed by atoms with Crippen molar-refractivity contribution >= 4 is 15.7 Å². The lowest BCUT2D eigenvalue weighted by Gasteiger charge is -2.17. The maximum atomic E-state index is 13.1. The number of hydrogen-bond donors (Lipinski definition) is 1. The van der Waals surface area contributed by atoms with E-state index in [1.54, 1.807) is 43.4 Å². The van der Waals surface area contributed by atoms with Crippen LogP contribution >= 0.6 is 0 Å². The van der Waals surface area contributed by atoms with Gasteiger partial charge in [-0.2, -0.15) is 10.4 Å². The van der Waals surface area contributed by atoms with Crippen molar-refractivity contribution < 1.29 is 17.6 Å². The van der Waals surface area contributed by atoms with Crippen LogP contribution in [0, 0.1) is 17.1 Å². The summed E-state index contributed by atoms with van der Waals surface area (Å²) < 4.78 is 37.8. The van der Waals surface area contributed by atoms with E-state index in [2.05, 4.69) is 10.2 Å². The van der Waals surface area contributed by atoms with E-state index in [0.29, 0.717) is 17.7 Å². The van der Waals surface area contributed by atoms with Crippen LogP contribution in [0.3, 0.4) is 0 Å². The number of amides is 1. The molecule has 34 heavy (non-hydrogen) atoms. The Kier molecular flexibility index (Phi) is 8.55. The highest BCUT2D eigenvalue weighted by Gasteiger charge is 2.20. The predicted octanol–water partition coefficient (Wildman–Crippen LogP) is 3.87. The average molecular weight is 483 g/mol. The number of H-pyrrole nitrogens is 1. The molecular weight excluding hydrogens is 455 g/mol. The zero-order valence-corrected chi connectivity index (χ0v) is 19.8. The number of unbranched alkanes of at least 4 members (excludes halogenated alkanes) is 2. The molecule has 3 aromatic rings. The highest BCUT2D eigenvalue weighted by Crippen LogP contribution is 2.19. The SMILES string of the molecule is CN(CCCCCc1cc(-c2ccc(F)cc2)n[nH]1)C(=O)CS(=O)(=O)Cc1ccc(C#N)cc1. The molecule has 2 aromatic carbocycles. The normalized spacial score (nSPS) is 11.2. The van der Waals surface area contributed by atoms with Gasteiger partial charge in [0.05, 0.1) is 23.1 Å². The first-order chi connectivity index (χ1) is 16.3. The molecule has 0 bridgehead atoms. The molecule has 1 heterocycles. The molecule has 0 radical (unpaired) electrons. The van der Waals surface area contributed by atoms with Gasteiger partial charge >= 0.3 is 0 Å². The first-order valence-electron chi connectivity index (χ1n) is 11.0. The number of aromatic nitrogens is 2. The Morgan fingerprint density at radius 1 is 1.09 bits per heavy atom. The van der Waals surface area contributed by atoms with Crippen molar-refractivity contribution in [3.8, 4) is 17.3 Å². The number of halogens is 1. The summed E-state index contributed by atoms with van der Waals surface area (Å²) in [6.07, 6.45) is 3.33. The van der Waals surface area contributed by atoms with Crippen LogP contribution in [0.2, 0.25) is 0 Å². The van der Waals surface area contributed by atoms with Gasteiger partial charge in [-0.1, -0.05) is 18.6 Å². The van der Waals surface area contributed by atoms with Crippen LogP contribution in [-0.4, -0.2) is 48.8 Å². The van der Waals surface area contributed by atoms with E-state index in [0.717, 1.165) is 42.6 Å². The monoisotopic (exact) mass is 482 g/mol. The lowest BCUT2D eigenvalue weighted by molar-refractivity contribution is -0.127. The number of aromatic amines is 1. The molecule has 178 valence electrons. The van der Waals surface area contributed by atoms with Crippen LogP contribution in [0.1, 0.15) is 36.1 Å². The van der Waals surface area contributed by atoms with Crippen LogP contribution in [0.25, 0.3) is 11.3 Å². The van der Waals surface area contributed by atoms with Crippen LogP contribution in [-0.2, 0) is 26.8 Å². The molecule has 0 fully saturated rings. The Morgan fingerprint density at radius 2 is 1.79 bits per heavy atom. The number of hydrogen-bond acceptors (Lipinski definition) is 5. The van der Waals surface area contributed by atoms with E-state index in [-0.39, 0.29) is 11.6 Å². The summed E-state index contributed by atoms with van der Waals surface area (Å²) >= 11 is 0. The Balaban J connectivity index is 1.37. The molecule has 0 aliphatic rings. The first kappa shape index (κ1) is 25.1. The van der Waals surface area contributed by atoms with E-state index in [4.69, 9.17) is 5.26 Å². The molecule has 0 saturated carbocycles. The number of carbonyl (C=O) groups excluding carboxylic acids is 1. The van der Waals surface area contributed by atoms with Crippen LogP contribution < -0.4 is 0 Å². The zero-order chi connectivity index (χ0) is 24.6. The molecule has 0 aliphatic heterocycles. The summed E-state index contributed by atoms with van der Waals surface area (Å²) in [6, 6.07) is 16.4. The third kappa shape index (κ3) is 7.52. The number of aryl methyl sites for hydroxylation is 1. The molecule has 9 heteroatoms. The van der Waals surface area contributed by atoms with Gasteiger partial charge in [0.25, 0.3) is 0 Å². The molecule has 1 aromatic heterocycles. The van der Waals surface area contributed by atoms with Crippen molar-refractivity contribution in [2.45, 2.75) is 31.4 Å². The average Bonchev–Trinajstić information content (AvgIpc) is 3.28. The van der Waals surface area contributed by atoms with E-state index in [1.165, 1.54) is 17.0 Å². The molecule has 1 amide bonds. The maximum Gasteiger partial charge on any atom is 0.237 e. The minimum absolute atomic E-state index is 0.234. The third-order valence-corrected chi connectivity index (χ3v) is 6.91. The minimum atomic E-state index is -3.60. The van der Waals surface area contributed by atoms with Gasteiger partial charge in [-0.25, -0.2) is 12.8 Å². The maximum absolute atomic E-state index is 13.1. The number of sulfone groups is 1. The highest BCUT2D eigenvalue weighted by atomic mass is 32.2. The fourth-order valence-corrected chi connectivity index (χ4v) is 4.90. The molecule has 1 N–H and O–H groups in total. The van der Waals surface area contributed by atoms with Crippen LogP contribution in [0.5, 0.6) is 0 Å². The van der Waals surface area contributed by atoms with Gasteiger partial charge in [-0.3, -0.25) is 9.89 Å². The smallest absolute Gasteiger partial charge is 0.237 e. The number of nitrogens with zero attached hydrogens (tertiary/aromatic N) is 3.